The van der Waals surface area contributed by atoms with Crippen LogP contribution in [0.5, 0.6) is 5.75 Å². The van der Waals surface area contributed by atoms with Crippen LogP contribution >= 0.6 is 11.3 Å². The summed E-state index contributed by atoms with van der Waals surface area (Å²) in [4.78, 5) is 31.2. The second kappa shape index (κ2) is 10.5. The molecule has 7 heteroatoms. The van der Waals surface area contributed by atoms with Gasteiger partial charge in [0, 0.05) is 37.6 Å². The van der Waals surface area contributed by atoms with Crippen molar-refractivity contribution >= 4 is 23.2 Å². The maximum absolute atomic E-state index is 13.4. The van der Waals surface area contributed by atoms with Crippen LogP contribution < -0.4 is 4.74 Å². The summed E-state index contributed by atoms with van der Waals surface area (Å²) in [6.07, 6.45) is 3.45. The molecule has 32 heavy (non-hydrogen) atoms. The molecule has 1 saturated carbocycles. The van der Waals surface area contributed by atoms with Crippen molar-refractivity contribution in [3.63, 3.8) is 0 Å². The van der Waals surface area contributed by atoms with E-state index in [1.807, 2.05) is 36.1 Å². The van der Waals surface area contributed by atoms with E-state index in [2.05, 4.69) is 11.4 Å². The zero-order valence-corrected chi connectivity index (χ0v) is 19.7. The highest BCUT2D eigenvalue weighted by atomic mass is 32.1. The lowest BCUT2D eigenvalue weighted by Gasteiger charge is -2.37. The molecule has 1 aromatic heterocycles. The number of nitrogens with zero attached hydrogens (tertiary/aromatic N) is 2. The summed E-state index contributed by atoms with van der Waals surface area (Å²) in [5.41, 5.74) is 2.35. The van der Waals surface area contributed by atoms with Gasteiger partial charge in [-0.25, -0.2) is 0 Å². The van der Waals surface area contributed by atoms with Gasteiger partial charge in [-0.05, 0) is 61.7 Å². The van der Waals surface area contributed by atoms with Gasteiger partial charge >= 0.3 is 0 Å². The van der Waals surface area contributed by atoms with Crippen molar-refractivity contribution < 1.29 is 19.1 Å². The van der Waals surface area contributed by atoms with Gasteiger partial charge in [-0.1, -0.05) is 17.7 Å². The van der Waals surface area contributed by atoms with E-state index in [9.17, 15) is 9.59 Å². The molecule has 0 bridgehead atoms. The van der Waals surface area contributed by atoms with Gasteiger partial charge in [0.2, 0.25) is 11.8 Å². The number of thiophene rings is 1. The predicted molar refractivity (Wildman–Crippen MR) is 125 cm³/mol. The highest BCUT2D eigenvalue weighted by Gasteiger charge is 2.37. The lowest BCUT2D eigenvalue weighted by atomic mass is 10.0. The Morgan fingerprint density at radius 2 is 1.97 bits per heavy atom. The van der Waals surface area contributed by atoms with E-state index in [1.165, 1.54) is 16.0 Å². The predicted octanol–water partition coefficient (Wildman–Crippen LogP) is 3.84. The van der Waals surface area contributed by atoms with Gasteiger partial charge in [0.15, 0.2) is 0 Å². The molecule has 1 aromatic carbocycles. The molecule has 2 aliphatic rings. The van der Waals surface area contributed by atoms with Crippen molar-refractivity contribution in [3.05, 3.63) is 51.7 Å². The summed E-state index contributed by atoms with van der Waals surface area (Å²) in [5.74, 6) is 0.993. The molecule has 0 saturated heterocycles. The van der Waals surface area contributed by atoms with Crippen LogP contribution in [-0.4, -0.2) is 61.6 Å². The van der Waals surface area contributed by atoms with Crippen LogP contribution in [0.15, 0.2) is 35.7 Å². The van der Waals surface area contributed by atoms with E-state index in [-0.39, 0.29) is 30.3 Å². The Hall–Kier alpha value is -2.38. The van der Waals surface area contributed by atoms with Crippen LogP contribution in [0.2, 0.25) is 0 Å². The molecular formula is C25H32N2O4S. The number of hydrogen-bond donors (Lipinski definition) is 0. The molecule has 2 heterocycles. The number of carbonyl (C=O) groups is 2. The van der Waals surface area contributed by atoms with Gasteiger partial charge in [0.25, 0.3) is 0 Å². The minimum absolute atomic E-state index is 0.00854. The molecule has 0 radical (unpaired) electrons. The second-order valence-electron chi connectivity index (χ2n) is 8.66. The molecule has 4 rings (SSSR count). The van der Waals surface area contributed by atoms with E-state index in [1.54, 1.807) is 23.3 Å². The van der Waals surface area contributed by atoms with Gasteiger partial charge in [0.05, 0.1) is 12.6 Å². The van der Waals surface area contributed by atoms with Crippen molar-refractivity contribution in [1.29, 1.82) is 0 Å². The smallest absolute Gasteiger partial charge is 0.242 e. The zero-order chi connectivity index (χ0) is 22.5. The van der Waals surface area contributed by atoms with Crippen LogP contribution in [0.3, 0.4) is 0 Å². The van der Waals surface area contributed by atoms with Crippen molar-refractivity contribution in [1.82, 2.24) is 9.80 Å². The van der Waals surface area contributed by atoms with E-state index in [4.69, 9.17) is 9.47 Å². The second-order valence-corrected chi connectivity index (χ2v) is 9.66. The minimum atomic E-state index is -0.143. The van der Waals surface area contributed by atoms with Gasteiger partial charge in [-0.2, -0.15) is 0 Å². The first-order valence-electron chi connectivity index (χ1n) is 11.4. The van der Waals surface area contributed by atoms with Crippen molar-refractivity contribution in [2.75, 3.05) is 40.0 Å². The number of hydrogen-bond acceptors (Lipinski definition) is 5. The highest BCUT2D eigenvalue weighted by Crippen LogP contribution is 2.35. The quantitative estimate of drug-likeness (QED) is 0.510. The van der Waals surface area contributed by atoms with Crippen LogP contribution in [0.25, 0.3) is 0 Å². The van der Waals surface area contributed by atoms with Crippen molar-refractivity contribution in [2.24, 2.45) is 5.92 Å². The molecule has 1 aliphatic carbocycles. The maximum Gasteiger partial charge on any atom is 0.242 e. The molecule has 0 N–H and O–H groups in total. The Bertz CT molecular complexity index is 922. The first-order valence-corrected chi connectivity index (χ1v) is 12.3. The van der Waals surface area contributed by atoms with Crippen LogP contribution in [0.1, 0.15) is 41.3 Å². The van der Waals surface area contributed by atoms with E-state index in [0.717, 1.165) is 31.4 Å². The third kappa shape index (κ3) is 5.51. The van der Waals surface area contributed by atoms with Crippen LogP contribution in [0.4, 0.5) is 0 Å². The average Bonchev–Trinajstić information content (AvgIpc) is 3.54. The summed E-state index contributed by atoms with van der Waals surface area (Å²) < 4.78 is 11.3. The highest BCUT2D eigenvalue weighted by molar-refractivity contribution is 7.10. The van der Waals surface area contributed by atoms with E-state index in [0.29, 0.717) is 26.3 Å². The molecule has 1 aliphatic heterocycles. The largest absolute Gasteiger partial charge is 0.491 e. The Balaban J connectivity index is 1.46. The number of fused-ring (bicyclic) bond motifs is 1. The Morgan fingerprint density at radius 3 is 2.69 bits per heavy atom. The SMILES string of the molecule is COCCCN(CC(=O)N1CCc2sccc2[C@@H]1COc1ccc(C)cc1)C(=O)C1CC1. The summed E-state index contributed by atoms with van der Waals surface area (Å²) in [6, 6.07) is 9.94. The summed E-state index contributed by atoms with van der Waals surface area (Å²) in [7, 11) is 1.66. The number of aryl methyl sites for hydroxylation is 1. The molecule has 1 atom stereocenters. The molecule has 2 aromatic rings. The Labute approximate surface area is 194 Å². The average molecular weight is 457 g/mol. The van der Waals surface area contributed by atoms with E-state index >= 15 is 0 Å². The Morgan fingerprint density at radius 1 is 1.19 bits per heavy atom. The first-order chi connectivity index (χ1) is 15.6. The number of carbonyl (C=O) groups excluding carboxylic acids is 2. The van der Waals surface area contributed by atoms with Crippen molar-refractivity contribution in [3.8, 4) is 5.75 Å². The minimum Gasteiger partial charge on any atom is -0.491 e. The molecular weight excluding hydrogens is 424 g/mol. The summed E-state index contributed by atoms with van der Waals surface area (Å²) in [5, 5.41) is 2.09. The normalized spacial score (nSPS) is 17.7. The standard InChI is InChI=1S/C25H32N2O4S/c1-18-4-8-20(9-5-18)31-17-22-21-11-15-32-23(21)10-13-27(22)24(28)16-26(12-3-14-30-2)25(29)19-6-7-19/h4-5,8-9,11,15,19,22H,3,6-7,10,12-14,16-17H2,1-2H3/t22-/m0/s1. The molecule has 2 amide bonds. The van der Waals surface area contributed by atoms with Crippen LogP contribution in [-0.2, 0) is 20.7 Å². The third-order valence-corrected chi connectivity index (χ3v) is 7.18. The molecule has 1 fully saturated rings. The molecule has 172 valence electrons. The number of methoxy groups -OCH3 is 1. The fraction of sp³-hybridized carbons (Fsp3) is 0.520. The lowest BCUT2D eigenvalue weighted by Crippen LogP contribution is -2.48. The monoisotopic (exact) mass is 456 g/mol. The van der Waals surface area contributed by atoms with Gasteiger partial charge in [-0.15, -0.1) is 11.3 Å². The molecule has 0 unspecified atom stereocenters. The number of amides is 2. The fourth-order valence-corrected chi connectivity index (χ4v) is 5.12. The number of benzene rings is 1. The fourth-order valence-electron chi connectivity index (χ4n) is 4.19. The van der Waals surface area contributed by atoms with E-state index < -0.39 is 0 Å². The lowest BCUT2D eigenvalue weighted by molar-refractivity contribution is -0.143. The zero-order valence-electron chi connectivity index (χ0n) is 18.9. The van der Waals surface area contributed by atoms with Gasteiger partial charge < -0.3 is 19.3 Å². The topological polar surface area (TPSA) is 59.1 Å². The maximum atomic E-state index is 13.4. The summed E-state index contributed by atoms with van der Waals surface area (Å²) >= 11 is 1.74. The first kappa shape index (κ1) is 22.8. The number of rotatable bonds is 10. The van der Waals surface area contributed by atoms with Crippen molar-refractivity contribution in [2.45, 2.75) is 38.6 Å². The van der Waals surface area contributed by atoms with Gasteiger partial charge in [-0.3, -0.25) is 9.59 Å². The molecule has 6 nitrogen and oxygen atoms in total. The Kier molecular flexibility index (Phi) is 7.48. The van der Waals surface area contributed by atoms with Crippen LogP contribution in [0, 0.1) is 12.8 Å². The summed E-state index contributed by atoms with van der Waals surface area (Å²) in [6.45, 7) is 4.36. The number of ether oxygens (including phenoxy) is 2. The molecule has 0 spiro atoms. The van der Waals surface area contributed by atoms with Gasteiger partial charge in [0.1, 0.15) is 12.4 Å². The third-order valence-electron chi connectivity index (χ3n) is 6.18.